The predicted octanol–water partition coefficient (Wildman–Crippen LogP) is 4.38. The van der Waals surface area contributed by atoms with Crippen molar-refractivity contribution in [1.82, 2.24) is 14.1 Å². The molecular weight excluding hydrogens is 438 g/mol. The van der Waals surface area contributed by atoms with Crippen molar-refractivity contribution in [1.29, 1.82) is 0 Å². The first kappa shape index (κ1) is 21.7. The molecule has 9 heteroatoms. The molecule has 0 spiro atoms. The number of hydrogen-bond donors (Lipinski definition) is 0. The summed E-state index contributed by atoms with van der Waals surface area (Å²) in [6.07, 6.45) is 4.38. The molecule has 1 saturated heterocycles. The first-order chi connectivity index (χ1) is 15.0. The van der Waals surface area contributed by atoms with Gasteiger partial charge in [0.05, 0.1) is 36.8 Å². The van der Waals surface area contributed by atoms with E-state index in [1.165, 1.54) is 18.5 Å². The highest BCUT2D eigenvalue weighted by Crippen LogP contribution is 2.40. The summed E-state index contributed by atoms with van der Waals surface area (Å²) in [7, 11) is -0.741. The first-order valence-corrected chi connectivity index (χ1v) is 11.8. The number of ether oxygens (including phenoxy) is 2. The summed E-state index contributed by atoms with van der Waals surface area (Å²) in [5.41, 5.74) is 1.92. The van der Waals surface area contributed by atoms with Crippen molar-refractivity contribution in [2.45, 2.75) is 24.2 Å². The van der Waals surface area contributed by atoms with Crippen LogP contribution in [0.1, 0.15) is 19.3 Å². The quantitative estimate of drug-likeness (QED) is 0.544. The van der Waals surface area contributed by atoms with Crippen molar-refractivity contribution < 1.29 is 17.9 Å². The van der Waals surface area contributed by atoms with E-state index in [-0.39, 0.29) is 10.6 Å². The van der Waals surface area contributed by atoms with Crippen LogP contribution in [-0.2, 0) is 10.0 Å². The fourth-order valence-electron chi connectivity index (χ4n) is 3.84. The van der Waals surface area contributed by atoms with Gasteiger partial charge < -0.3 is 9.47 Å². The molecule has 3 aromatic rings. The zero-order chi connectivity index (χ0) is 22.0. The van der Waals surface area contributed by atoms with Gasteiger partial charge >= 0.3 is 0 Å². The lowest BCUT2D eigenvalue weighted by atomic mass is 10.1. The molecule has 0 bridgehead atoms. The van der Waals surface area contributed by atoms with E-state index in [1.807, 2.05) is 18.2 Å². The van der Waals surface area contributed by atoms with E-state index in [4.69, 9.17) is 21.1 Å². The van der Waals surface area contributed by atoms with Crippen LogP contribution in [0.15, 0.2) is 53.6 Å². The third kappa shape index (κ3) is 4.03. The number of hydrogen-bond acceptors (Lipinski definition) is 5. The molecule has 0 amide bonds. The van der Waals surface area contributed by atoms with Crippen molar-refractivity contribution in [2.75, 3.05) is 27.3 Å². The lowest BCUT2D eigenvalue weighted by molar-refractivity contribution is 0.342. The van der Waals surface area contributed by atoms with Gasteiger partial charge in [-0.15, -0.1) is 0 Å². The Morgan fingerprint density at radius 2 is 1.68 bits per heavy atom. The summed E-state index contributed by atoms with van der Waals surface area (Å²) in [6.45, 7) is 1.01. The zero-order valence-corrected chi connectivity index (χ0v) is 19.0. The molecule has 0 unspecified atom stereocenters. The molecule has 0 radical (unpaired) electrons. The molecule has 4 rings (SSSR count). The minimum absolute atomic E-state index is 0.111. The molecule has 0 N–H and O–H groups in total. The number of aromatic nitrogens is 2. The lowest BCUT2D eigenvalue weighted by Crippen LogP contribution is -2.35. The van der Waals surface area contributed by atoms with Crippen LogP contribution in [0, 0.1) is 0 Å². The van der Waals surface area contributed by atoms with E-state index < -0.39 is 10.0 Å². The number of piperidine rings is 1. The Balaban J connectivity index is 1.90. The second-order valence-corrected chi connectivity index (χ2v) is 9.56. The summed E-state index contributed by atoms with van der Waals surface area (Å²) in [5.74, 6) is 0.721. The van der Waals surface area contributed by atoms with Gasteiger partial charge in [-0.25, -0.2) is 13.1 Å². The van der Waals surface area contributed by atoms with Crippen LogP contribution in [0.4, 0.5) is 0 Å². The monoisotopic (exact) mass is 461 g/mol. The van der Waals surface area contributed by atoms with Crippen molar-refractivity contribution in [2.24, 2.45) is 0 Å². The molecule has 0 aliphatic carbocycles. The van der Waals surface area contributed by atoms with Gasteiger partial charge in [0.1, 0.15) is 16.4 Å². The van der Waals surface area contributed by atoms with E-state index in [0.29, 0.717) is 40.8 Å². The largest absolute Gasteiger partial charge is 0.496 e. The third-order valence-electron chi connectivity index (χ3n) is 5.42. The minimum Gasteiger partial charge on any atom is -0.496 e. The average Bonchev–Trinajstić information content (AvgIpc) is 3.28. The van der Waals surface area contributed by atoms with Gasteiger partial charge in [0.2, 0.25) is 10.0 Å². The van der Waals surface area contributed by atoms with E-state index in [2.05, 4.69) is 5.10 Å². The molecule has 164 valence electrons. The van der Waals surface area contributed by atoms with Crippen molar-refractivity contribution in [3.63, 3.8) is 0 Å². The molecule has 2 heterocycles. The molecule has 0 saturated carbocycles. The second kappa shape index (κ2) is 8.90. The highest BCUT2D eigenvalue weighted by molar-refractivity contribution is 7.89. The van der Waals surface area contributed by atoms with Crippen molar-refractivity contribution in [3.8, 4) is 28.4 Å². The molecule has 7 nitrogen and oxygen atoms in total. The Bertz CT molecular complexity index is 1190. The zero-order valence-electron chi connectivity index (χ0n) is 17.4. The van der Waals surface area contributed by atoms with Crippen LogP contribution in [0.25, 0.3) is 16.9 Å². The molecular formula is C22H24ClN3O4S. The lowest BCUT2D eigenvalue weighted by Gasteiger charge is -2.27. The van der Waals surface area contributed by atoms with Crippen LogP contribution in [-0.4, -0.2) is 49.8 Å². The Kier molecular flexibility index (Phi) is 6.22. The maximum Gasteiger partial charge on any atom is 0.246 e. The maximum atomic E-state index is 13.5. The molecule has 31 heavy (non-hydrogen) atoms. The second-order valence-electron chi connectivity index (χ2n) is 7.25. The van der Waals surface area contributed by atoms with E-state index in [1.54, 1.807) is 35.1 Å². The Morgan fingerprint density at radius 1 is 0.968 bits per heavy atom. The smallest absolute Gasteiger partial charge is 0.246 e. The van der Waals surface area contributed by atoms with Crippen molar-refractivity contribution in [3.05, 3.63) is 53.7 Å². The highest BCUT2D eigenvalue weighted by atomic mass is 35.5. The summed E-state index contributed by atoms with van der Waals surface area (Å²) >= 11 is 6.39. The van der Waals surface area contributed by atoms with E-state index in [9.17, 15) is 8.42 Å². The minimum atomic E-state index is -3.73. The topological polar surface area (TPSA) is 73.7 Å². The van der Waals surface area contributed by atoms with Gasteiger partial charge in [0.15, 0.2) is 0 Å². The third-order valence-corrected chi connectivity index (χ3v) is 7.66. The number of rotatable bonds is 6. The normalized spacial score (nSPS) is 15.1. The molecule has 0 atom stereocenters. The van der Waals surface area contributed by atoms with Crippen LogP contribution in [0.3, 0.4) is 0 Å². The average molecular weight is 462 g/mol. The van der Waals surface area contributed by atoms with Gasteiger partial charge in [-0.3, -0.25) is 0 Å². The van der Waals surface area contributed by atoms with Crippen LogP contribution in [0.2, 0.25) is 5.02 Å². The number of benzene rings is 2. The standard InChI is InChI=1S/C22H24ClN3O4S/c1-29-20-15-21(30-2)22(31(27,28)25-12-6-3-7-13-25)14-16(20)18-10-11-24-26(18)19-9-5-4-8-17(19)23/h4-5,8-11,14-15H,3,6-7,12-13H2,1-2H3. The molecule has 1 fully saturated rings. The fraction of sp³-hybridized carbons (Fsp3) is 0.318. The van der Waals surface area contributed by atoms with E-state index >= 15 is 0 Å². The Morgan fingerprint density at radius 3 is 2.35 bits per heavy atom. The van der Waals surface area contributed by atoms with Gasteiger partial charge in [-0.05, 0) is 37.1 Å². The summed E-state index contributed by atoms with van der Waals surface area (Å²) < 4.78 is 41.1. The molecule has 1 aliphatic rings. The summed E-state index contributed by atoms with van der Waals surface area (Å²) in [5, 5.41) is 4.94. The highest BCUT2D eigenvalue weighted by Gasteiger charge is 2.31. The number of para-hydroxylation sites is 1. The maximum absolute atomic E-state index is 13.5. The molecule has 1 aliphatic heterocycles. The Hall–Kier alpha value is -2.55. The number of sulfonamides is 1. The van der Waals surface area contributed by atoms with Crippen LogP contribution < -0.4 is 9.47 Å². The number of nitrogens with zero attached hydrogens (tertiary/aromatic N) is 3. The van der Waals surface area contributed by atoms with Crippen LogP contribution in [0.5, 0.6) is 11.5 Å². The van der Waals surface area contributed by atoms with Gasteiger partial charge in [-0.1, -0.05) is 30.2 Å². The van der Waals surface area contributed by atoms with Crippen LogP contribution >= 0.6 is 11.6 Å². The van der Waals surface area contributed by atoms with Gasteiger partial charge in [-0.2, -0.15) is 9.40 Å². The number of methoxy groups -OCH3 is 2. The molecule has 1 aromatic heterocycles. The van der Waals surface area contributed by atoms with Gasteiger partial charge in [0, 0.05) is 24.7 Å². The van der Waals surface area contributed by atoms with Gasteiger partial charge in [0.25, 0.3) is 0 Å². The SMILES string of the molecule is COc1cc(OC)c(S(=O)(=O)N2CCCCC2)cc1-c1ccnn1-c1ccccc1Cl. The van der Waals surface area contributed by atoms with E-state index in [0.717, 1.165) is 19.3 Å². The summed E-state index contributed by atoms with van der Waals surface area (Å²) in [6, 6.07) is 12.3. The van der Waals surface area contributed by atoms with Crippen molar-refractivity contribution >= 4 is 21.6 Å². The predicted molar refractivity (Wildman–Crippen MR) is 120 cm³/mol. The number of halogens is 1. The molecule has 2 aromatic carbocycles. The summed E-state index contributed by atoms with van der Waals surface area (Å²) in [4.78, 5) is 0.111. The Labute approximate surface area is 187 Å². The first-order valence-electron chi connectivity index (χ1n) is 10.0. The fourth-order valence-corrected chi connectivity index (χ4v) is 5.73.